The molecule has 0 aromatic rings. The maximum Gasteiger partial charge on any atom is 0.0518 e. The molecule has 1 saturated carbocycles. The number of hydrogen-bond acceptors (Lipinski definition) is 3. The molecule has 0 aromatic heterocycles. The van der Waals surface area contributed by atoms with Crippen molar-refractivity contribution in [2.45, 2.75) is 25.3 Å². The fraction of sp³-hybridized carbons (Fsp3) is 1.00. The topological polar surface area (TPSA) is 32.7 Å². The number of ether oxygens (including phenoxy) is 1. The third-order valence-electron chi connectivity index (χ3n) is 2.85. The third-order valence-corrected chi connectivity index (χ3v) is 2.85. The molecule has 2 rings (SSSR count). The van der Waals surface area contributed by atoms with Gasteiger partial charge in [0.15, 0.2) is 0 Å². The van der Waals surface area contributed by atoms with Gasteiger partial charge in [-0.25, -0.2) is 0 Å². The summed E-state index contributed by atoms with van der Waals surface area (Å²) in [5.74, 6) is 0.763. The molecule has 1 aliphatic carbocycles. The molecule has 0 unspecified atom stereocenters. The molecule has 2 fully saturated rings. The van der Waals surface area contributed by atoms with Crippen molar-refractivity contribution < 1.29 is 9.84 Å². The van der Waals surface area contributed by atoms with E-state index in [0.717, 1.165) is 31.6 Å². The molecule has 3 heteroatoms. The first-order valence-corrected chi connectivity index (χ1v) is 5.33. The Hall–Kier alpha value is -0.120. The smallest absolute Gasteiger partial charge is 0.0518 e. The standard InChI is InChI=1S/C10H19NO2/c12-4-1-5-13-8-9-6-11(7-9)10-2-3-10/h9-10,12H,1-8H2. The van der Waals surface area contributed by atoms with Crippen LogP contribution in [0.4, 0.5) is 0 Å². The van der Waals surface area contributed by atoms with Crippen molar-refractivity contribution >= 4 is 0 Å². The van der Waals surface area contributed by atoms with Crippen molar-refractivity contribution in [1.82, 2.24) is 4.90 Å². The normalized spacial score (nSPS) is 24.7. The van der Waals surface area contributed by atoms with E-state index in [2.05, 4.69) is 4.90 Å². The number of nitrogens with zero attached hydrogens (tertiary/aromatic N) is 1. The number of rotatable bonds is 6. The predicted molar refractivity (Wildman–Crippen MR) is 50.6 cm³/mol. The number of hydrogen-bond donors (Lipinski definition) is 1. The number of likely N-dealkylation sites (tertiary alicyclic amines) is 1. The summed E-state index contributed by atoms with van der Waals surface area (Å²) in [7, 11) is 0. The van der Waals surface area contributed by atoms with Crippen molar-refractivity contribution in [2.75, 3.05) is 32.9 Å². The Morgan fingerprint density at radius 1 is 1.31 bits per heavy atom. The highest BCUT2D eigenvalue weighted by molar-refractivity contribution is 4.92. The Morgan fingerprint density at radius 3 is 2.69 bits per heavy atom. The summed E-state index contributed by atoms with van der Waals surface area (Å²) in [4.78, 5) is 2.56. The van der Waals surface area contributed by atoms with E-state index in [9.17, 15) is 0 Å². The van der Waals surface area contributed by atoms with E-state index in [-0.39, 0.29) is 6.61 Å². The molecule has 1 saturated heterocycles. The molecule has 1 N–H and O–H groups in total. The Labute approximate surface area is 79.7 Å². The summed E-state index contributed by atoms with van der Waals surface area (Å²) in [5, 5.41) is 8.54. The summed E-state index contributed by atoms with van der Waals surface area (Å²) >= 11 is 0. The molecule has 0 spiro atoms. The van der Waals surface area contributed by atoms with Crippen LogP contribution in [0, 0.1) is 5.92 Å². The van der Waals surface area contributed by atoms with Crippen molar-refractivity contribution in [1.29, 1.82) is 0 Å². The van der Waals surface area contributed by atoms with E-state index in [1.807, 2.05) is 0 Å². The molecule has 0 amide bonds. The monoisotopic (exact) mass is 185 g/mol. The number of aliphatic hydroxyl groups excluding tert-OH is 1. The first kappa shape index (κ1) is 9.44. The Kier molecular flexibility index (Phi) is 3.19. The van der Waals surface area contributed by atoms with Crippen LogP contribution >= 0.6 is 0 Å². The van der Waals surface area contributed by atoms with Gasteiger partial charge in [-0.1, -0.05) is 0 Å². The van der Waals surface area contributed by atoms with Gasteiger partial charge in [-0.15, -0.1) is 0 Å². The van der Waals surface area contributed by atoms with Gasteiger partial charge in [0.25, 0.3) is 0 Å². The second-order valence-corrected chi connectivity index (χ2v) is 4.20. The lowest BCUT2D eigenvalue weighted by Crippen LogP contribution is -2.49. The maximum atomic E-state index is 8.54. The van der Waals surface area contributed by atoms with E-state index >= 15 is 0 Å². The average Bonchev–Trinajstić information content (AvgIpc) is 2.84. The Bertz CT molecular complexity index is 153. The van der Waals surface area contributed by atoms with Gasteiger partial charge >= 0.3 is 0 Å². The van der Waals surface area contributed by atoms with Crippen LogP contribution in [0.3, 0.4) is 0 Å². The van der Waals surface area contributed by atoms with Crippen LogP contribution in [-0.4, -0.2) is 49.0 Å². The lowest BCUT2D eigenvalue weighted by molar-refractivity contribution is 0.00711. The molecule has 1 aliphatic heterocycles. The van der Waals surface area contributed by atoms with Crippen molar-refractivity contribution in [3.8, 4) is 0 Å². The molecule has 0 aromatic carbocycles. The second kappa shape index (κ2) is 4.40. The van der Waals surface area contributed by atoms with Crippen LogP contribution in [0.5, 0.6) is 0 Å². The summed E-state index contributed by atoms with van der Waals surface area (Å²) in [5.41, 5.74) is 0. The summed E-state index contributed by atoms with van der Waals surface area (Å²) in [6, 6.07) is 0.925. The Morgan fingerprint density at radius 2 is 2.08 bits per heavy atom. The first-order valence-electron chi connectivity index (χ1n) is 5.33. The van der Waals surface area contributed by atoms with Gasteiger partial charge in [0.05, 0.1) is 6.61 Å². The zero-order chi connectivity index (χ0) is 9.10. The van der Waals surface area contributed by atoms with E-state index in [0.29, 0.717) is 0 Å². The largest absolute Gasteiger partial charge is 0.396 e. The van der Waals surface area contributed by atoms with Crippen LogP contribution < -0.4 is 0 Å². The minimum Gasteiger partial charge on any atom is -0.396 e. The molecule has 2 aliphatic rings. The predicted octanol–water partition coefficient (Wildman–Crippen LogP) is 0.480. The maximum absolute atomic E-state index is 8.54. The van der Waals surface area contributed by atoms with Crippen LogP contribution in [0.2, 0.25) is 0 Å². The van der Waals surface area contributed by atoms with Gasteiger partial charge in [0.1, 0.15) is 0 Å². The summed E-state index contributed by atoms with van der Waals surface area (Å²) in [6.07, 6.45) is 3.61. The highest BCUT2D eigenvalue weighted by Gasteiger charge is 2.37. The average molecular weight is 185 g/mol. The molecule has 1 heterocycles. The van der Waals surface area contributed by atoms with E-state index in [1.165, 1.54) is 25.9 Å². The van der Waals surface area contributed by atoms with Gasteiger partial charge in [-0.3, -0.25) is 4.90 Å². The summed E-state index contributed by atoms with van der Waals surface area (Å²) in [6.45, 7) is 4.34. The van der Waals surface area contributed by atoms with Gasteiger partial charge in [0.2, 0.25) is 0 Å². The SMILES string of the molecule is OCCCOCC1CN(C2CC2)C1. The van der Waals surface area contributed by atoms with Gasteiger partial charge in [-0.05, 0) is 19.3 Å². The quantitative estimate of drug-likeness (QED) is 0.611. The molecule has 0 atom stereocenters. The minimum absolute atomic E-state index is 0.249. The lowest BCUT2D eigenvalue weighted by Gasteiger charge is -2.39. The summed E-state index contributed by atoms with van der Waals surface area (Å²) < 4.78 is 5.44. The van der Waals surface area contributed by atoms with Crippen LogP contribution in [0.25, 0.3) is 0 Å². The van der Waals surface area contributed by atoms with E-state index < -0.39 is 0 Å². The molecular weight excluding hydrogens is 166 g/mol. The van der Waals surface area contributed by atoms with Crippen molar-refractivity contribution in [3.05, 3.63) is 0 Å². The van der Waals surface area contributed by atoms with Gasteiger partial charge in [0, 0.05) is 38.3 Å². The van der Waals surface area contributed by atoms with E-state index in [1.54, 1.807) is 0 Å². The Balaban J connectivity index is 1.44. The number of aliphatic hydroxyl groups is 1. The van der Waals surface area contributed by atoms with Crippen LogP contribution in [-0.2, 0) is 4.74 Å². The second-order valence-electron chi connectivity index (χ2n) is 4.20. The molecule has 13 heavy (non-hydrogen) atoms. The van der Waals surface area contributed by atoms with Crippen molar-refractivity contribution in [3.63, 3.8) is 0 Å². The highest BCUT2D eigenvalue weighted by atomic mass is 16.5. The minimum atomic E-state index is 0.249. The first-order chi connectivity index (χ1) is 6.40. The third kappa shape index (κ3) is 2.66. The zero-order valence-electron chi connectivity index (χ0n) is 8.11. The van der Waals surface area contributed by atoms with Crippen molar-refractivity contribution in [2.24, 2.45) is 5.92 Å². The lowest BCUT2D eigenvalue weighted by atomic mass is 10.0. The molecule has 0 bridgehead atoms. The van der Waals surface area contributed by atoms with Gasteiger partial charge < -0.3 is 9.84 Å². The zero-order valence-corrected chi connectivity index (χ0v) is 8.11. The van der Waals surface area contributed by atoms with Crippen LogP contribution in [0.15, 0.2) is 0 Å². The molecule has 3 nitrogen and oxygen atoms in total. The molecule has 76 valence electrons. The highest BCUT2D eigenvalue weighted by Crippen LogP contribution is 2.32. The molecule has 0 radical (unpaired) electrons. The fourth-order valence-corrected chi connectivity index (χ4v) is 1.87. The van der Waals surface area contributed by atoms with Crippen LogP contribution in [0.1, 0.15) is 19.3 Å². The molecular formula is C10H19NO2. The van der Waals surface area contributed by atoms with Gasteiger partial charge in [-0.2, -0.15) is 0 Å². The fourth-order valence-electron chi connectivity index (χ4n) is 1.87. The van der Waals surface area contributed by atoms with E-state index in [4.69, 9.17) is 9.84 Å².